The highest BCUT2D eigenvalue weighted by Crippen LogP contribution is 2.53. The van der Waals surface area contributed by atoms with Crippen molar-refractivity contribution < 1.29 is 33.3 Å². The molecule has 2 atom stereocenters. The van der Waals surface area contributed by atoms with E-state index in [4.69, 9.17) is 23.7 Å². The number of carbonyl (C=O) groups excluding carboxylic acids is 2. The van der Waals surface area contributed by atoms with E-state index in [1.54, 1.807) is 30.2 Å². The van der Waals surface area contributed by atoms with E-state index in [2.05, 4.69) is 0 Å². The molecule has 2 heterocycles. The molecule has 8 nitrogen and oxygen atoms in total. The van der Waals surface area contributed by atoms with Gasteiger partial charge < -0.3 is 28.6 Å². The van der Waals surface area contributed by atoms with Crippen LogP contribution in [0.4, 0.5) is 5.69 Å². The van der Waals surface area contributed by atoms with Gasteiger partial charge in [-0.25, -0.2) is 4.79 Å². The van der Waals surface area contributed by atoms with Gasteiger partial charge in [0.1, 0.15) is 17.8 Å². The second kappa shape index (κ2) is 11.0. The summed E-state index contributed by atoms with van der Waals surface area (Å²) in [4.78, 5) is 27.3. The molecule has 0 aromatic heterocycles. The Kier molecular flexibility index (Phi) is 7.64. The van der Waals surface area contributed by atoms with Crippen LogP contribution in [0.1, 0.15) is 60.8 Å². The lowest BCUT2D eigenvalue weighted by atomic mass is 9.87. The Morgan fingerprint density at radius 2 is 1.71 bits per heavy atom. The van der Waals surface area contributed by atoms with E-state index in [0.717, 1.165) is 16.7 Å². The summed E-state index contributed by atoms with van der Waals surface area (Å²) in [5.41, 5.74) is 2.86. The van der Waals surface area contributed by atoms with E-state index < -0.39 is 17.4 Å². The number of hydrogen-bond acceptors (Lipinski definition) is 7. The first-order valence-corrected chi connectivity index (χ1v) is 13.5. The summed E-state index contributed by atoms with van der Waals surface area (Å²) in [6.07, 6.45) is 2.37. The average Bonchev–Trinajstić information content (AvgIpc) is 3.31. The van der Waals surface area contributed by atoms with Crippen LogP contribution in [0.25, 0.3) is 6.08 Å². The summed E-state index contributed by atoms with van der Waals surface area (Å²) in [6, 6.07) is 20.4. The van der Waals surface area contributed by atoms with Crippen LogP contribution in [-0.4, -0.2) is 43.6 Å². The van der Waals surface area contributed by atoms with Gasteiger partial charge in [-0.1, -0.05) is 42.5 Å². The van der Waals surface area contributed by atoms with Gasteiger partial charge in [-0.05, 0) is 63.6 Å². The molecule has 1 saturated heterocycles. The lowest BCUT2D eigenvalue weighted by Gasteiger charge is -2.40. The van der Waals surface area contributed by atoms with Gasteiger partial charge in [-0.15, -0.1) is 0 Å². The zero-order chi connectivity index (χ0) is 29.4. The summed E-state index contributed by atoms with van der Waals surface area (Å²) in [6.45, 7) is 7.95. The Hall–Kier alpha value is -4.14. The first-order valence-electron chi connectivity index (χ1n) is 13.5. The number of methoxy groups -OCH3 is 2. The van der Waals surface area contributed by atoms with Crippen LogP contribution in [0.2, 0.25) is 0 Å². The second-order valence-corrected chi connectivity index (χ2v) is 11.1. The normalized spacial score (nSPS) is 20.0. The molecular formula is C33H35NO7. The van der Waals surface area contributed by atoms with Crippen LogP contribution in [0.15, 0.2) is 72.8 Å². The van der Waals surface area contributed by atoms with Crippen molar-refractivity contribution in [3.05, 3.63) is 95.1 Å². The second-order valence-electron chi connectivity index (χ2n) is 11.1. The van der Waals surface area contributed by atoms with E-state index in [0.29, 0.717) is 22.7 Å². The number of nitrogens with zero attached hydrogens (tertiary/aromatic N) is 1. The van der Waals surface area contributed by atoms with Crippen molar-refractivity contribution in [3.8, 4) is 11.5 Å². The molecule has 1 amide bonds. The van der Waals surface area contributed by atoms with E-state index in [9.17, 15) is 9.59 Å². The van der Waals surface area contributed by atoms with Crippen molar-refractivity contribution in [2.75, 3.05) is 19.1 Å². The van der Waals surface area contributed by atoms with Crippen LogP contribution in [0, 0.1) is 0 Å². The van der Waals surface area contributed by atoms with Crippen LogP contribution in [-0.2, 0) is 25.5 Å². The molecule has 0 spiro atoms. The minimum absolute atomic E-state index is 0.185. The Labute approximate surface area is 240 Å². The number of amides is 1. The molecule has 0 bridgehead atoms. The number of fused-ring (bicyclic) bond motifs is 3. The van der Waals surface area contributed by atoms with Gasteiger partial charge in [0.05, 0.1) is 20.8 Å². The number of anilines is 1. The molecule has 214 valence electrons. The minimum atomic E-state index is -0.754. The molecule has 8 heteroatoms. The molecule has 2 aliphatic heterocycles. The smallest absolute Gasteiger partial charge is 0.330 e. The number of carbonyl (C=O) groups is 2. The van der Waals surface area contributed by atoms with E-state index >= 15 is 0 Å². The Morgan fingerprint density at radius 3 is 2.41 bits per heavy atom. The summed E-state index contributed by atoms with van der Waals surface area (Å²) >= 11 is 0. The lowest BCUT2D eigenvalue weighted by Crippen LogP contribution is -2.48. The highest BCUT2D eigenvalue weighted by Gasteiger charge is 2.55. The van der Waals surface area contributed by atoms with Crippen molar-refractivity contribution in [1.82, 2.24) is 0 Å². The first kappa shape index (κ1) is 28.4. The highest BCUT2D eigenvalue weighted by molar-refractivity contribution is 6.06. The third kappa shape index (κ3) is 5.71. The van der Waals surface area contributed by atoms with Crippen LogP contribution in [0.5, 0.6) is 11.5 Å². The predicted octanol–water partition coefficient (Wildman–Crippen LogP) is 6.09. The average molecular weight is 558 g/mol. The van der Waals surface area contributed by atoms with Crippen molar-refractivity contribution in [3.63, 3.8) is 0 Å². The van der Waals surface area contributed by atoms with Gasteiger partial charge in [0.15, 0.2) is 17.3 Å². The predicted molar refractivity (Wildman–Crippen MR) is 155 cm³/mol. The summed E-state index contributed by atoms with van der Waals surface area (Å²) in [7, 11) is 2.92. The number of rotatable bonds is 7. The number of benzene rings is 3. The van der Waals surface area contributed by atoms with Crippen molar-refractivity contribution >= 4 is 23.6 Å². The molecule has 41 heavy (non-hydrogen) atoms. The molecule has 0 saturated carbocycles. The van der Waals surface area contributed by atoms with Crippen LogP contribution >= 0.6 is 0 Å². The van der Waals surface area contributed by atoms with Gasteiger partial charge >= 0.3 is 5.97 Å². The number of ether oxygens (including phenoxy) is 5. The van der Waals surface area contributed by atoms with Gasteiger partial charge in [-0.2, -0.15) is 0 Å². The fraction of sp³-hybridized carbons (Fsp3) is 0.333. The molecule has 3 aromatic carbocycles. The molecule has 0 radical (unpaired) electrons. The Balaban J connectivity index is 1.56. The van der Waals surface area contributed by atoms with E-state index in [1.165, 1.54) is 13.2 Å². The zero-order valence-corrected chi connectivity index (χ0v) is 24.2. The fourth-order valence-corrected chi connectivity index (χ4v) is 5.33. The molecule has 5 rings (SSSR count). The zero-order valence-electron chi connectivity index (χ0n) is 24.2. The Morgan fingerprint density at radius 1 is 0.951 bits per heavy atom. The number of esters is 1. The van der Waals surface area contributed by atoms with Gasteiger partial charge in [0.25, 0.3) is 5.91 Å². The quantitative estimate of drug-likeness (QED) is 0.257. The third-order valence-corrected chi connectivity index (χ3v) is 7.27. The topological polar surface area (TPSA) is 83.5 Å². The van der Waals surface area contributed by atoms with Crippen molar-refractivity contribution in [1.29, 1.82) is 0 Å². The summed E-state index contributed by atoms with van der Waals surface area (Å²) in [5, 5.41) is 0. The van der Waals surface area contributed by atoms with Gasteiger partial charge in [-0.3, -0.25) is 4.79 Å². The SMILES string of the molecule is COC(=O)/C=C/c1cccc(N(Cc2ccc3c(c2OC)OC(C)(C)[C@H]2OC(C)(C)O[C@@H]32)C(=O)c2ccccc2)c1. The standard InChI is InChI=1S/C33H35NO7/c1-32(2)30-29(40-33(3,4)41-30)25-17-16-23(27(38-6)28(25)39-32)20-34(31(36)22-12-8-7-9-13-22)24-14-10-11-21(19-24)15-18-26(35)37-5/h7-19,29-30H,20H2,1-6H3/b18-15+/t29-,30-/m0/s1. The molecule has 1 fully saturated rings. The Bertz CT molecular complexity index is 1480. The molecule has 0 aliphatic carbocycles. The van der Waals surface area contributed by atoms with Crippen molar-refractivity contribution in [2.45, 2.75) is 57.8 Å². The highest BCUT2D eigenvalue weighted by atomic mass is 16.8. The maximum atomic E-state index is 13.9. The van der Waals surface area contributed by atoms with Crippen LogP contribution in [0.3, 0.4) is 0 Å². The largest absolute Gasteiger partial charge is 0.492 e. The minimum Gasteiger partial charge on any atom is -0.492 e. The van der Waals surface area contributed by atoms with Gasteiger partial charge in [0, 0.05) is 28.5 Å². The molecule has 3 aromatic rings. The molecule has 0 unspecified atom stereocenters. The summed E-state index contributed by atoms with van der Waals surface area (Å²) < 4.78 is 29.7. The van der Waals surface area contributed by atoms with Gasteiger partial charge in [0.2, 0.25) is 0 Å². The van der Waals surface area contributed by atoms with Crippen molar-refractivity contribution in [2.24, 2.45) is 0 Å². The first-order chi connectivity index (χ1) is 19.5. The lowest BCUT2D eigenvalue weighted by molar-refractivity contribution is -0.160. The number of hydrogen-bond donors (Lipinski definition) is 0. The molecular weight excluding hydrogens is 522 g/mol. The summed E-state index contributed by atoms with van der Waals surface area (Å²) in [5.74, 6) is -0.281. The van der Waals surface area contributed by atoms with E-state index in [1.807, 2.05) is 82.3 Å². The maximum Gasteiger partial charge on any atom is 0.330 e. The third-order valence-electron chi connectivity index (χ3n) is 7.27. The van der Waals surface area contributed by atoms with E-state index in [-0.39, 0.29) is 24.7 Å². The van der Waals surface area contributed by atoms with Crippen LogP contribution < -0.4 is 14.4 Å². The molecule has 0 N–H and O–H groups in total. The fourth-order valence-electron chi connectivity index (χ4n) is 5.33. The monoisotopic (exact) mass is 557 g/mol. The maximum absolute atomic E-state index is 13.9. The molecule has 2 aliphatic rings.